The molecule has 2 aromatic carbocycles. The third kappa shape index (κ3) is 5.10. The molecule has 1 amide bonds. The van der Waals surface area contributed by atoms with Crippen LogP contribution in [0, 0.1) is 22.9 Å². The van der Waals surface area contributed by atoms with E-state index in [1.807, 2.05) is 0 Å². The van der Waals surface area contributed by atoms with Crippen LogP contribution in [0.3, 0.4) is 0 Å². The number of rotatable bonds is 6. The molecule has 2 rings (SSSR count). The van der Waals surface area contributed by atoms with Crippen LogP contribution >= 0.6 is 0 Å². The van der Waals surface area contributed by atoms with Crippen LogP contribution in [0.2, 0.25) is 0 Å². The lowest BCUT2D eigenvalue weighted by molar-refractivity contribution is -0.384. The van der Waals surface area contributed by atoms with Crippen molar-refractivity contribution in [3.05, 3.63) is 69.5 Å². The van der Waals surface area contributed by atoms with Crippen molar-refractivity contribution in [1.29, 1.82) is 0 Å². The topological polar surface area (TPSA) is 98.5 Å². The SMILES string of the molecule is Cc1cccc([N+](=O)[O-])c1NC(=O)COC(=O)Cc1ccc(F)cc1. The molecule has 2 aromatic rings. The van der Waals surface area contributed by atoms with Crippen LogP contribution in [-0.2, 0) is 20.7 Å². The van der Waals surface area contributed by atoms with Crippen LogP contribution in [0.5, 0.6) is 0 Å². The van der Waals surface area contributed by atoms with Gasteiger partial charge in [0, 0.05) is 6.07 Å². The van der Waals surface area contributed by atoms with Crippen molar-refractivity contribution < 1.29 is 23.6 Å². The smallest absolute Gasteiger partial charge is 0.310 e. The molecule has 0 spiro atoms. The Balaban J connectivity index is 1.92. The summed E-state index contributed by atoms with van der Waals surface area (Å²) in [6.07, 6.45) is -0.113. The van der Waals surface area contributed by atoms with Crippen molar-refractivity contribution in [3.63, 3.8) is 0 Å². The third-order valence-corrected chi connectivity index (χ3v) is 3.34. The Labute approximate surface area is 142 Å². The van der Waals surface area contributed by atoms with Crippen molar-refractivity contribution in [1.82, 2.24) is 0 Å². The maximum Gasteiger partial charge on any atom is 0.310 e. The number of anilines is 1. The minimum absolute atomic E-state index is 0.0621. The molecule has 0 aliphatic carbocycles. The van der Waals surface area contributed by atoms with Crippen LogP contribution in [0.25, 0.3) is 0 Å². The van der Waals surface area contributed by atoms with Gasteiger partial charge in [0.05, 0.1) is 11.3 Å². The van der Waals surface area contributed by atoms with Gasteiger partial charge in [-0.1, -0.05) is 24.3 Å². The van der Waals surface area contributed by atoms with Gasteiger partial charge in [-0.05, 0) is 30.2 Å². The van der Waals surface area contributed by atoms with E-state index in [0.29, 0.717) is 11.1 Å². The summed E-state index contributed by atoms with van der Waals surface area (Å²) in [7, 11) is 0. The number of halogens is 1. The van der Waals surface area contributed by atoms with E-state index in [-0.39, 0.29) is 17.8 Å². The predicted molar refractivity (Wildman–Crippen MR) is 87.5 cm³/mol. The largest absolute Gasteiger partial charge is 0.455 e. The highest BCUT2D eigenvalue weighted by molar-refractivity contribution is 5.95. The lowest BCUT2D eigenvalue weighted by atomic mass is 10.1. The van der Waals surface area contributed by atoms with Gasteiger partial charge in [0.15, 0.2) is 6.61 Å². The summed E-state index contributed by atoms with van der Waals surface area (Å²) in [6, 6.07) is 9.69. The zero-order valence-corrected chi connectivity index (χ0v) is 13.3. The minimum Gasteiger partial charge on any atom is -0.455 e. The lowest BCUT2D eigenvalue weighted by Gasteiger charge is -2.09. The molecular weight excluding hydrogens is 331 g/mol. The van der Waals surface area contributed by atoms with Gasteiger partial charge in [0.1, 0.15) is 11.5 Å². The number of carbonyl (C=O) groups excluding carboxylic acids is 2. The first kappa shape index (κ1) is 18.1. The number of aryl methyl sites for hydroxylation is 1. The molecule has 1 N–H and O–H groups in total. The van der Waals surface area contributed by atoms with Gasteiger partial charge in [-0.15, -0.1) is 0 Å². The van der Waals surface area contributed by atoms with E-state index in [2.05, 4.69) is 5.32 Å². The first-order valence-electron chi connectivity index (χ1n) is 7.30. The number of amides is 1. The number of para-hydroxylation sites is 1. The number of hydrogen-bond acceptors (Lipinski definition) is 5. The van der Waals surface area contributed by atoms with Crippen molar-refractivity contribution in [3.8, 4) is 0 Å². The molecule has 0 unspecified atom stereocenters. The third-order valence-electron chi connectivity index (χ3n) is 3.34. The zero-order valence-electron chi connectivity index (χ0n) is 13.3. The highest BCUT2D eigenvalue weighted by Gasteiger charge is 2.18. The van der Waals surface area contributed by atoms with E-state index in [1.54, 1.807) is 13.0 Å². The molecule has 25 heavy (non-hydrogen) atoms. The van der Waals surface area contributed by atoms with Crippen LogP contribution in [0.15, 0.2) is 42.5 Å². The average molecular weight is 346 g/mol. The first-order chi connectivity index (χ1) is 11.9. The summed E-state index contributed by atoms with van der Waals surface area (Å²) in [5.74, 6) is -1.78. The summed E-state index contributed by atoms with van der Waals surface area (Å²) < 4.78 is 17.6. The van der Waals surface area contributed by atoms with E-state index in [0.717, 1.165) is 0 Å². The summed E-state index contributed by atoms with van der Waals surface area (Å²) >= 11 is 0. The molecule has 0 radical (unpaired) electrons. The van der Waals surface area contributed by atoms with Gasteiger partial charge in [-0.2, -0.15) is 0 Å². The number of benzene rings is 2. The standard InChI is InChI=1S/C17H15FN2O5/c1-11-3-2-4-14(20(23)24)17(11)19-15(21)10-25-16(22)9-12-5-7-13(18)8-6-12/h2-8H,9-10H2,1H3,(H,19,21). The van der Waals surface area contributed by atoms with Crippen LogP contribution in [-0.4, -0.2) is 23.4 Å². The lowest BCUT2D eigenvalue weighted by Crippen LogP contribution is -2.22. The van der Waals surface area contributed by atoms with Gasteiger partial charge in [0.25, 0.3) is 11.6 Å². The molecule has 0 saturated carbocycles. The quantitative estimate of drug-likeness (QED) is 0.493. The number of ether oxygens (including phenoxy) is 1. The second-order valence-electron chi connectivity index (χ2n) is 5.24. The van der Waals surface area contributed by atoms with Gasteiger partial charge in [-0.3, -0.25) is 19.7 Å². The number of carbonyl (C=O) groups is 2. The average Bonchev–Trinajstić information content (AvgIpc) is 2.56. The molecule has 0 saturated heterocycles. The maximum absolute atomic E-state index is 12.8. The number of nitro benzene ring substituents is 1. The fraction of sp³-hybridized carbons (Fsp3) is 0.176. The molecule has 130 valence electrons. The molecule has 0 aromatic heterocycles. The van der Waals surface area contributed by atoms with E-state index in [1.165, 1.54) is 36.4 Å². The predicted octanol–water partition coefficient (Wildman–Crippen LogP) is 2.77. The molecule has 0 aliphatic rings. The van der Waals surface area contributed by atoms with Crippen molar-refractivity contribution in [2.24, 2.45) is 0 Å². The molecule has 0 aliphatic heterocycles. The van der Waals surface area contributed by atoms with E-state index >= 15 is 0 Å². The van der Waals surface area contributed by atoms with Crippen molar-refractivity contribution in [2.45, 2.75) is 13.3 Å². The molecule has 0 fully saturated rings. The fourth-order valence-electron chi connectivity index (χ4n) is 2.11. The van der Waals surface area contributed by atoms with Crippen LogP contribution in [0.1, 0.15) is 11.1 Å². The summed E-state index contributed by atoms with van der Waals surface area (Å²) in [6.45, 7) is 1.04. The fourth-order valence-corrected chi connectivity index (χ4v) is 2.11. The van der Waals surface area contributed by atoms with E-state index in [4.69, 9.17) is 4.74 Å². The monoisotopic (exact) mass is 346 g/mol. The minimum atomic E-state index is -0.690. The molecule has 0 bridgehead atoms. The second-order valence-corrected chi connectivity index (χ2v) is 5.24. The number of hydrogen-bond donors (Lipinski definition) is 1. The highest BCUT2D eigenvalue weighted by atomic mass is 19.1. The van der Waals surface area contributed by atoms with Crippen molar-refractivity contribution >= 4 is 23.3 Å². The summed E-state index contributed by atoms with van der Waals surface area (Å²) in [5.41, 5.74) is 0.875. The molecule has 7 nitrogen and oxygen atoms in total. The highest BCUT2D eigenvalue weighted by Crippen LogP contribution is 2.27. The molecule has 0 heterocycles. The van der Waals surface area contributed by atoms with Gasteiger partial charge >= 0.3 is 5.97 Å². The van der Waals surface area contributed by atoms with Gasteiger partial charge in [-0.25, -0.2) is 4.39 Å². The van der Waals surface area contributed by atoms with Gasteiger partial charge in [0.2, 0.25) is 0 Å². The Morgan fingerprint density at radius 2 is 1.88 bits per heavy atom. The number of nitrogens with one attached hydrogen (secondary N) is 1. The molecule has 8 heteroatoms. The number of esters is 1. The van der Waals surface area contributed by atoms with Gasteiger partial charge < -0.3 is 10.1 Å². The van der Waals surface area contributed by atoms with E-state index < -0.39 is 29.2 Å². The zero-order chi connectivity index (χ0) is 18.4. The van der Waals surface area contributed by atoms with Crippen LogP contribution in [0.4, 0.5) is 15.8 Å². The Bertz CT molecular complexity index is 805. The number of nitrogens with zero attached hydrogens (tertiary/aromatic N) is 1. The molecule has 0 atom stereocenters. The Morgan fingerprint density at radius 1 is 1.20 bits per heavy atom. The maximum atomic E-state index is 12.8. The normalized spacial score (nSPS) is 10.2. The summed E-state index contributed by atoms with van der Waals surface area (Å²) in [4.78, 5) is 34.0. The van der Waals surface area contributed by atoms with E-state index in [9.17, 15) is 24.1 Å². The Hall–Kier alpha value is -3.29. The first-order valence-corrected chi connectivity index (χ1v) is 7.30. The van der Waals surface area contributed by atoms with Crippen LogP contribution < -0.4 is 5.32 Å². The number of nitro groups is 1. The summed E-state index contributed by atoms with van der Waals surface area (Å²) in [5, 5.41) is 13.4. The second kappa shape index (κ2) is 8.00. The van der Waals surface area contributed by atoms with Crippen molar-refractivity contribution in [2.75, 3.05) is 11.9 Å². The molecular formula is C17H15FN2O5. The Kier molecular flexibility index (Phi) is 5.78. The Morgan fingerprint density at radius 3 is 2.52 bits per heavy atom.